The Kier molecular flexibility index (Phi) is 3.13. The standard InChI is InChI=1S/C12H20/c1-9(2)10(3)11(4)12-7-5-6-8-12/h5-8H2,1-4H3. The van der Waals surface area contributed by atoms with Gasteiger partial charge in [-0.25, -0.2) is 0 Å². The maximum Gasteiger partial charge on any atom is -0.0314 e. The van der Waals surface area contributed by atoms with Crippen LogP contribution in [0.2, 0.25) is 0 Å². The van der Waals surface area contributed by atoms with Crippen LogP contribution >= 0.6 is 0 Å². The zero-order chi connectivity index (χ0) is 9.14. The fourth-order valence-corrected chi connectivity index (χ4v) is 1.82. The lowest BCUT2D eigenvalue weighted by Crippen LogP contribution is -1.88. The highest BCUT2D eigenvalue weighted by molar-refractivity contribution is 5.35. The van der Waals surface area contributed by atoms with Crippen molar-refractivity contribution in [1.29, 1.82) is 0 Å². The first-order valence-corrected chi connectivity index (χ1v) is 4.96. The SMILES string of the molecule is CC(C)=C(C)C(C)=C1CCCC1. The molecule has 0 spiro atoms. The third kappa shape index (κ3) is 2.00. The van der Waals surface area contributed by atoms with E-state index in [1.807, 2.05) is 0 Å². The van der Waals surface area contributed by atoms with Crippen molar-refractivity contribution in [1.82, 2.24) is 0 Å². The van der Waals surface area contributed by atoms with Crippen LogP contribution in [0.25, 0.3) is 0 Å². The molecule has 1 aliphatic carbocycles. The largest absolute Gasteiger partial charge is 0.0732 e. The van der Waals surface area contributed by atoms with Crippen molar-refractivity contribution in [2.45, 2.75) is 53.4 Å². The maximum atomic E-state index is 2.28. The summed E-state index contributed by atoms with van der Waals surface area (Å²) in [5.41, 5.74) is 6.24. The van der Waals surface area contributed by atoms with Gasteiger partial charge in [-0.3, -0.25) is 0 Å². The second-order valence-electron chi connectivity index (χ2n) is 4.06. The lowest BCUT2D eigenvalue weighted by molar-refractivity contribution is 0.886. The molecule has 68 valence electrons. The van der Waals surface area contributed by atoms with E-state index in [0.29, 0.717) is 0 Å². The van der Waals surface area contributed by atoms with Gasteiger partial charge in [0, 0.05) is 0 Å². The molecule has 0 aromatic heterocycles. The first-order chi connectivity index (χ1) is 5.63. The summed E-state index contributed by atoms with van der Waals surface area (Å²) >= 11 is 0. The number of hydrogen-bond acceptors (Lipinski definition) is 0. The molecule has 0 aromatic carbocycles. The van der Waals surface area contributed by atoms with Gasteiger partial charge >= 0.3 is 0 Å². The molecule has 0 saturated heterocycles. The van der Waals surface area contributed by atoms with Crippen LogP contribution in [0.4, 0.5) is 0 Å². The van der Waals surface area contributed by atoms with Crippen molar-refractivity contribution in [2.24, 2.45) is 0 Å². The molecule has 1 aliphatic rings. The summed E-state index contributed by atoms with van der Waals surface area (Å²) in [5.74, 6) is 0. The minimum absolute atomic E-state index is 1.34. The molecule has 0 unspecified atom stereocenters. The van der Waals surface area contributed by atoms with E-state index in [4.69, 9.17) is 0 Å². The van der Waals surface area contributed by atoms with Crippen LogP contribution in [0, 0.1) is 0 Å². The predicted octanol–water partition coefficient (Wildman–Crippen LogP) is 4.23. The van der Waals surface area contributed by atoms with E-state index in [0.717, 1.165) is 0 Å². The zero-order valence-corrected chi connectivity index (χ0v) is 8.83. The molecule has 0 radical (unpaired) electrons. The van der Waals surface area contributed by atoms with Gasteiger partial charge in [0.2, 0.25) is 0 Å². The first-order valence-electron chi connectivity index (χ1n) is 4.96. The molecule has 12 heavy (non-hydrogen) atoms. The minimum atomic E-state index is 1.34. The smallest absolute Gasteiger partial charge is 0.0314 e. The monoisotopic (exact) mass is 164 g/mol. The van der Waals surface area contributed by atoms with E-state index in [1.54, 1.807) is 11.1 Å². The van der Waals surface area contributed by atoms with Crippen molar-refractivity contribution in [3.8, 4) is 0 Å². The van der Waals surface area contributed by atoms with Gasteiger partial charge in [0.15, 0.2) is 0 Å². The Morgan fingerprint density at radius 3 is 1.83 bits per heavy atom. The van der Waals surface area contributed by atoms with E-state index >= 15 is 0 Å². The maximum absolute atomic E-state index is 2.28. The lowest BCUT2D eigenvalue weighted by atomic mass is 9.98. The molecule has 0 aromatic rings. The van der Waals surface area contributed by atoms with Gasteiger partial charge in [-0.15, -0.1) is 0 Å². The highest BCUT2D eigenvalue weighted by Crippen LogP contribution is 2.30. The molecule has 0 heterocycles. The third-order valence-electron chi connectivity index (χ3n) is 3.05. The van der Waals surface area contributed by atoms with E-state index in [-0.39, 0.29) is 0 Å². The highest BCUT2D eigenvalue weighted by Gasteiger charge is 2.10. The second kappa shape index (κ2) is 3.93. The van der Waals surface area contributed by atoms with Crippen LogP contribution < -0.4 is 0 Å². The second-order valence-corrected chi connectivity index (χ2v) is 4.06. The highest BCUT2D eigenvalue weighted by atomic mass is 14.2. The molecular formula is C12H20. The summed E-state index contributed by atoms with van der Waals surface area (Å²) in [4.78, 5) is 0. The Hall–Kier alpha value is -0.520. The van der Waals surface area contributed by atoms with Crippen LogP contribution in [0.1, 0.15) is 53.4 Å². The topological polar surface area (TPSA) is 0 Å². The van der Waals surface area contributed by atoms with Gasteiger partial charge in [0.1, 0.15) is 0 Å². The average molecular weight is 164 g/mol. The molecule has 0 aliphatic heterocycles. The van der Waals surface area contributed by atoms with Crippen molar-refractivity contribution >= 4 is 0 Å². The van der Waals surface area contributed by atoms with Gasteiger partial charge in [0.05, 0.1) is 0 Å². The molecule has 0 amide bonds. The molecule has 0 atom stereocenters. The fraction of sp³-hybridized carbons (Fsp3) is 0.667. The minimum Gasteiger partial charge on any atom is -0.0732 e. The Morgan fingerprint density at radius 1 is 0.917 bits per heavy atom. The molecule has 1 saturated carbocycles. The van der Waals surface area contributed by atoms with Crippen molar-refractivity contribution in [3.63, 3.8) is 0 Å². The zero-order valence-electron chi connectivity index (χ0n) is 8.83. The number of rotatable bonds is 1. The summed E-state index contributed by atoms with van der Waals surface area (Å²) in [7, 11) is 0. The summed E-state index contributed by atoms with van der Waals surface area (Å²) in [6.07, 6.45) is 5.50. The van der Waals surface area contributed by atoms with Crippen LogP contribution in [-0.4, -0.2) is 0 Å². The lowest BCUT2D eigenvalue weighted by Gasteiger charge is -2.08. The number of allylic oxidation sites excluding steroid dienone is 4. The molecule has 0 heteroatoms. The molecule has 0 bridgehead atoms. The van der Waals surface area contributed by atoms with Gasteiger partial charge in [0.25, 0.3) is 0 Å². The van der Waals surface area contributed by atoms with Gasteiger partial charge < -0.3 is 0 Å². The van der Waals surface area contributed by atoms with Crippen molar-refractivity contribution < 1.29 is 0 Å². The summed E-state index contributed by atoms with van der Waals surface area (Å²) in [6, 6.07) is 0. The van der Waals surface area contributed by atoms with E-state index < -0.39 is 0 Å². The van der Waals surface area contributed by atoms with E-state index in [9.17, 15) is 0 Å². The molecule has 1 fully saturated rings. The summed E-state index contributed by atoms with van der Waals surface area (Å²) < 4.78 is 0. The molecule has 0 N–H and O–H groups in total. The van der Waals surface area contributed by atoms with Crippen LogP contribution in [0.5, 0.6) is 0 Å². The Labute approximate surface area is 76.4 Å². The van der Waals surface area contributed by atoms with E-state index in [1.165, 1.54) is 36.8 Å². The fourth-order valence-electron chi connectivity index (χ4n) is 1.82. The summed E-state index contributed by atoms with van der Waals surface area (Å²) in [6.45, 7) is 8.93. The van der Waals surface area contributed by atoms with Crippen molar-refractivity contribution in [3.05, 3.63) is 22.3 Å². The summed E-state index contributed by atoms with van der Waals surface area (Å²) in [5, 5.41) is 0. The quantitative estimate of drug-likeness (QED) is 0.544. The van der Waals surface area contributed by atoms with Gasteiger partial charge in [-0.05, 0) is 64.5 Å². The Bertz CT molecular complexity index is 216. The van der Waals surface area contributed by atoms with Crippen LogP contribution in [-0.2, 0) is 0 Å². The van der Waals surface area contributed by atoms with Crippen LogP contribution in [0.3, 0.4) is 0 Å². The third-order valence-corrected chi connectivity index (χ3v) is 3.05. The number of hydrogen-bond donors (Lipinski definition) is 0. The van der Waals surface area contributed by atoms with Crippen molar-refractivity contribution in [2.75, 3.05) is 0 Å². The predicted molar refractivity (Wildman–Crippen MR) is 55.2 cm³/mol. The Morgan fingerprint density at radius 2 is 1.42 bits per heavy atom. The van der Waals surface area contributed by atoms with E-state index in [2.05, 4.69) is 27.7 Å². The average Bonchev–Trinajstić information content (AvgIpc) is 2.53. The normalized spacial score (nSPS) is 16.5. The van der Waals surface area contributed by atoms with Crippen LogP contribution in [0.15, 0.2) is 22.3 Å². The van der Waals surface area contributed by atoms with Gasteiger partial charge in [-0.1, -0.05) is 11.1 Å². The molecule has 0 nitrogen and oxygen atoms in total. The first kappa shape index (κ1) is 9.57. The Balaban J connectivity index is 2.88. The molecule has 1 rings (SSSR count). The molecular weight excluding hydrogens is 144 g/mol. The van der Waals surface area contributed by atoms with Gasteiger partial charge in [-0.2, -0.15) is 0 Å².